The molecule has 0 amide bonds. The zero-order valence-electron chi connectivity index (χ0n) is 8.11. The second-order valence-corrected chi connectivity index (χ2v) is 3.76. The molecular weight excluding hydrogens is 214 g/mol. The minimum Gasteiger partial charge on any atom is -0.494 e. The van der Waals surface area contributed by atoms with Gasteiger partial charge in [-0.3, -0.25) is 4.57 Å². The van der Waals surface area contributed by atoms with Crippen molar-refractivity contribution in [2.45, 2.75) is 6.92 Å². The second-order valence-electron chi connectivity index (χ2n) is 3.32. The summed E-state index contributed by atoms with van der Waals surface area (Å²) in [4.78, 5) is 0. The van der Waals surface area contributed by atoms with Gasteiger partial charge in [0.1, 0.15) is 0 Å². The van der Waals surface area contributed by atoms with Crippen molar-refractivity contribution in [1.82, 2.24) is 4.57 Å². The number of aromatic nitrogens is 1. The fourth-order valence-electron chi connectivity index (χ4n) is 1.48. The summed E-state index contributed by atoms with van der Waals surface area (Å²) in [5.74, 6) is 0.0158. The molecule has 0 saturated heterocycles. The summed E-state index contributed by atoms with van der Waals surface area (Å²) in [7, 11) is 0. The van der Waals surface area contributed by atoms with Crippen molar-refractivity contribution in [3.05, 3.63) is 40.9 Å². The monoisotopic (exact) mass is 223 g/mol. The van der Waals surface area contributed by atoms with E-state index in [2.05, 4.69) is 0 Å². The normalized spacial score (nSPS) is 10.5. The average molecular weight is 224 g/mol. The molecule has 0 saturated carbocycles. The number of benzene rings is 1. The first-order chi connectivity index (χ1) is 7.09. The van der Waals surface area contributed by atoms with Crippen molar-refractivity contribution in [3.63, 3.8) is 0 Å². The van der Waals surface area contributed by atoms with Crippen LogP contribution in [0.5, 0.6) is 11.8 Å². The Balaban J connectivity index is 2.63. The number of nitrogens with zero attached hydrogens (tertiary/aromatic N) is 1. The molecule has 2 aromatic rings. The lowest BCUT2D eigenvalue weighted by molar-refractivity contribution is 0.401. The first-order valence-corrected chi connectivity index (χ1v) is 4.83. The van der Waals surface area contributed by atoms with Crippen LogP contribution in [0.2, 0.25) is 5.02 Å². The van der Waals surface area contributed by atoms with E-state index in [1.165, 1.54) is 10.6 Å². The predicted molar refractivity (Wildman–Crippen MR) is 58.8 cm³/mol. The van der Waals surface area contributed by atoms with Crippen LogP contribution in [0.25, 0.3) is 5.69 Å². The number of rotatable bonds is 1. The number of halogens is 1. The van der Waals surface area contributed by atoms with Gasteiger partial charge in [0.25, 0.3) is 0 Å². The summed E-state index contributed by atoms with van der Waals surface area (Å²) < 4.78 is 1.33. The van der Waals surface area contributed by atoms with Crippen LogP contribution in [0.3, 0.4) is 0 Å². The Morgan fingerprint density at radius 3 is 2.47 bits per heavy atom. The Kier molecular flexibility index (Phi) is 2.32. The second kappa shape index (κ2) is 3.51. The van der Waals surface area contributed by atoms with Crippen molar-refractivity contribution in [3.8, 4) is 17.4 Å². The van der Waals surface area contributed by atoms with Gasteiger partial charge in [-0.15, -0.1) is 0 Å². The van der Waals surface area contributed by atoms with Crippen molar-refractivity contribution >= 4 is 11.6 Å². The maximum absolute atomic E-state index is 9.72. The third-order valence-electron chi connectivity index (χ3n) is 2.21. The summed E-state index contributed by atoms with van der Waals surface area (Å²) in [6, 6.07) is 8.41. The molecule has 0 fully saturated rings. The molecule has 2 rings (SSSR count). The molecular formula is C11H10ClNO2. The van der Waals surface area contributed by atoms with Crippen LogP contribution < -0.4 is 0 Å². The summed E-state index contributed by atoms with van der Waals surface area (Å²) in [5.41, 5.74) is 1.25. The zero-order chi connectivity index (χ0) is 11.0. The highest BCUT2D eigenvalue weighted by atomic mass is 35.5. The van der Waals surface area contributed by atoms with Gasteiger partial charge in [0, 0.05) is 16.7 Å². The van der Waals surface area contributed by atoms with Crippen LogP contribution >= 0.6 is 11.6 Å². The highest BCUT2D eigenvalue weighted by Gasteiger charge is 2.12. The van der Waals surface area contributed by atoms with Gasteiger partial charge in [0.05, 0.1) is 5.69 Å². The quantitative estimate of drug-likeness (QED) is 0.781. The van der Waals surface area contributed by atoms with E-state index in [1.54, 1.807) is 31.2 Å². The van der Waals surface area contributed by atoms with E-state index in [1.807, 2.05) is 0 Å². The molecule has 0 radical (unpaired) electrons. The molecule has 0 bridgehead atoms. The third-order valence-corrected chi connectivity index (χ3v) is 2.44. The van der Waals surface area contributed by atoms with Gasteiger partial charge in [0.2, 0.25) is 5.88 Å². The van der Waals surface area contributed by atoms with E-state index >= 15 is 0 Å². The summed E-state index contributed by atoms with van der Waals surface area (Å²) in [6.45, 7) is 1.72. The molecule has 3 nitrogen and oxygen atoms in total. The zero-order valence-corrected chi connectivity index (χ0v) is 8.86. The minimum absolute atomic E-state index is 0.00716. The molecule has 1 heterocycles. The van der Waals surface area contributed by atoms with Crippen molar-refractivity contribution in [1.29, 1.82) is 0 Å². The van der Waals surface area contributed by atoms with E-state index in [9.17, 15) is 10.2 Å². The fourth-order valence-corrected chi connectivity index (χ4v) is 1.66. The Morgan fingerprint density at radius 1 is 1.20 bits per heavy atom. The van der Waals surface area contributed by atoms with E-state index in [0.717, 1.165) is 0 Å². The van der Waals surface area contributed by atoms with Crippen molar-refractivity contribution in [2.75, 3.05) is 0 Å². The molecule has 1 aromatic heterocycles. The molecule has 0 unspecified atom stereocenters. The number of aryl methyl sites for hydroxylation is 1. The lowest BCUT2D eigenvalue weighted by atomic mass is 10.3. The van der Waals surface area contributed by atoms with Gasteiger partial charge >= 0.3 is 0 Å². The lowest BCUT2D eigenvalue weighted by Crippen LogP contribution is -1.92. The first kappa shape index (κ1) is 9.93. The van der Waals surface area contributed by atoms with Crippen molar-refractivity contribution in [2.24, 2.45) is 0 Å². The highest BCUT2D eigenvalue weighted by Crippen LogP contribution is 2.31. The topological polar surface area (TPSA) is 45.4 Å². The maximum Gasteiger partial charge on any atom is 0.201 e. The van der Waals surface area contributed by atoms with Gasteiger partial charge in [-0.1, -0.05) is 17.7 Å². The average Bonchev–Trinajstić information content (AvgIpc) is 2.41. The molecule has 0 aliphatic carbocycles. The molecule has 2 N–H and O–H groups in total. The molecule has 1 aromatic carbocycles. The van der Waals surface area contributed by atoms with Crippen LogP contribution in [0.15, 0.2) is 30.3 Å². The van der Waals surface area contributed by atoms with Crippen LogP contribution in [-0.4, -0.2) is 14.8 Å². The lowest BCUT2D eigenvalue weighted by Gasteiger charge is -2.06. The predicted octanol–water partition coefficient (Wildman–Crippen LogP) is 2.85. The molecule has 15 heavy (non-hydrogen) atoms. The Bertz CT molecular complexity index is 505. The van der Waals surface area contributed by atoms with E-state index in [0.29, 0.717) is 16.3 Å². The summed E-state index contributed by atoms with van der Waals surface area (Å²) in [6.07, 6.45) is 0. The molecule has 0 aliphatic heterocycles. The van der Waals surface area contributed by atoms with Crippen LogP contribution in [0.4, 0.5) is 0 Å². The van der Waals surface area contributed by atoms with Gasteiger partial charge in [-0.05, 0) is 25.1 Å². The highest BCUT2D eigenvalue weighted by molar-refractivity contribution is 6.30. The largest absolute Gasteiger partial charge is 0.494 e. The molecule has 0 aliphatic rings. The smallest absolute Gasteiger partial charge is 0.201 e. The molecule has 78 valence electrons. The van der Waals surface area contributed by atoms with E-state index < -0.39 is 0 Å². The van der Waals surface area contributed by atoms with Gasteiger partial charge in [-0.25, -0.2) is 0 Å². The maximum atomic E-state index is 9.72. The third kappa shape index (κ3) is 1.66. The number of hydrogen-bond donors (Lipinski definition) is 2. The molecule has 0 spiro atoms. The summed E-state index contributed by atoms with van der Waals surface area (Å²) in [5, 5.41) is 19.9. The molecule has 4 heteroatoms. The van der Waals surface area contributed by atoms with E-state index in [-0.39, 0.29) is 11.8 Å². The van der Waals surface area contributed by atoms with Crippen LogP contribution in [-0.2, 0) is 0 Å². The SMILES string of the molecule is Cc1cc(O)n(-c2cccc(Cl)c2)c1O. The van der Waals surface area contributed by atoms with Gasteiger partial charge < -0.3 is 10.2 Å². The summed E-state index contributed by atoms with van der Waals surface area (Å²) >= 11 is 5.83. The Hall–Kier alpha value is -1.61. The number of hydrogen-bond acceptors (Lipinski definition) is 2. The first-order valence-electron chi connectivity index (χ1n) is 4.46. The minimum atomic E-state index is -0.00716. The van der Waals surface area contributed by atoms with Crippen LogP contribution in [0, 0.1) is 6.92 Å². The fraction of sp³-hybridized carbons (Fsp3) is 0.0909. The molecule has 0 atom stereocenters. The van der Waals surface area contributed by atoms with Crippen LogP contribution in [0.1, 0.15) is 5.56 Å². The Morgan fingerprint density at radius 2 is 1.93 bits per heavy atom. The number of aromatic hydroxyl groups is 2. The standard InChI is InChI=1S/C11H10ClNO2/c1-7-5-10(14)13(11(7)15)9-4-2-3-8(12)6-9/h2-6,14-15H,1H3. The Labute approximate surface area is 92.2 Å². The van der Waals surface area contributed by atoms with E-state index in [4.69, 9.17) is 11.6 Å². The van der Waals surface area contributed by atoms with Gasteiger partial charge in [0.15, 0.2) is 5.88 Å². The van der Waals surface area contributed by atoms with Crippen molar-refractivity contribution < 1.29 is 10.2 Å². The van der Waals surface area contributed by atoms with Gasteiger partial charge in [-0.2, -0.15) is 0 Å².